The van der Waals surface area contributed by atoms with Crippen molar-refractivity contribution in [2.75, 3.05) is 6.61 Å². The summed E-state index contributed by atoms with van der Waals surface area (Å²) in [6.07, 6.45) is 2.42. The summed E-state index contributed by atoms with van der Waals surface area (Å²) in [7, 11) is 0. The molecule has 1 aliphatic heterocycles. The van der Waals surface area contributed by atoms with Gasteiger partial charge in [-0.15, -0.1) is 0 Å². The molecule has 2 nitrogen and oxygen atoms in total. The minimum Gasteiger partial charge on any atom is -0.396 e. The van der Waals surface area contributed by atoms with Crippen LogP contribution in [-0.2, 0) is 22.4 Å². The summed E-state index contributed by atoms with van der Waals surface area (Å²) >= 11 is 0. The van der Waals surface area contributed by atoms with Crippen molar-refractivity contribution in [3.05, 3.63) is 108 Å². The van der Waals surface area contributed by atoms with Crippen LogP contribution in [0.1, 0.15) is 29.5 Å². The van der Waals surface area contributed by atoms with E-state index in [1.54, 1.807) is 0 Å². The molecule has 1 heterocycles. The van der Waals surface area contributed by atoms with Gasteiger partial charge in [-0.25, -0.2) is 0 Å². The van der Waals surface area contributed by atoms with Gasteiger partial charge in [-0.1, -0.05) is 91.0 Å². The predicted molar refractivity (Wildman–Crippen MR) is 104 cm³/mol. The van der Waals surface area contributed by atoms with Crippen molar-refractivity contribution in [3.63, 3.8) is 0 Å². The first kappa shape index (κ1) is 17.0. The van der Waals surface area contributed by atoms with Crippen molar-refractivity contribution in [2.24, 2.45) is 0 Å². The van der Waals surface area contributed by atoms with Crippen LogP contribution < -0.4 is 0 Å². The molecule has 1 saturated heterocycles. The van der Waals surface area contributed by atoms with E-state index in [0.717, 1.165) is 18.4 Å². The lowest BCUT2D eigenvalue weighted by Gasteiger charge is -2.21. The Morgan fingerprint density at radius 2 is 1.08 bits per heavy atom. The molecule has 0 bridgehead atoms. The van der Waals surface area contributed by atoms with Crippen LogP contribution in [0, 0.1) is 0 Å². The Hall–Kier alpha value is -2.42. The SMILES string of the molecule is OCC[C@]1(c2ccccc2)O[C@@]1(CCc1ccccc1)c1ccccc1. The van der Waals surface area contributed by atoms with E-state index in [2.05, 4.69) is 60.7 Å². The molecule has 0 radical (unpaired) electrons. The molecule has 0 aromatic heterocycles. The van der Waals surface area contributed by atoms with Crippen LogP contribution in [0.25, 0.3) is 0 Å². The van der Waals surface area contributed by atoms with E-state index in [0.29, 0.717) is 6.42 Å². The summed E-state index contributed by atoms with van der Waals surface area (Å²) in [5.41, 5.74) is 2.79. The Bertz CT molecular complexity index is 832. The average molecular weight is 344 g/mol. The molecule has 2 atom stereocenters. The lowest BCUT2D eigenvalue weighted by molar-refractivity contribution is 0.207. The van der Waals surface area contributed by atoms with E-state index < -0.39 is 11.2 Å². The molecular weight excluding hydrogens is 320 g/mol. The Kier molecular flexibility index (Phi) is 4.62. The number of hydrogen-bond donors (Lipinski definition) is 1. The van der Waals surface area contributed by atoms with Gasteiger partial charge in [0.1, 0.15) is 11.2 Å². The Morgan fingerprint density at radius 3 is 1.58 bits per heavy atom. The molecule has 1 N–H and O–H groups in total. The van der Waals surface area contributed by atoms with Crippen LogP contribution in [0.2, 0.25) is 0 Å². The number of rotatable bonds is 7. The van der Waals surface area contributed by atoms with Gasteiger partial charge in [-0.2, -0.15) is 0 Å². The van der Waals surface area contributed by atoms with E-state index in [9.17, 15) is 5.11 Å². The van der Waals surface area contributed by atoms with Crippen LogP contribution in [0.5, 0.6) is 0 Å². The molecule has 26 heavy (non-hydrogen) atoms. The number of hydrogen-bond acceptors (Lipinski definition) is 2. The maximum atomic E-state index is 9.79. The summed E-state index contributed by atoms with van der Waals surface area (Å²) in [5, 5.41) is 9.79. The third-order valence-corrected chi connectivity index (χ3v) is 5.51. The third kappa shape index (κ3) is 2.86. The lowest BCUT2D eigenvalue weighted by atomic mass is 9.76. The van der Waals surface area contributed by atoms with Crippen molar-refractivity contribution in [3.8, 4) is 0 Å². The van der Waals surface area contributed by atoms with Crippen LogP contribution >= 0.6 is 0 Å². The van der Waals surface area contributed by atoms with E-state index in [1.807, 2.05) is 30.3 Å². The fraction of sp³-hybridized carbons (Fsp3) is 0.250. The van der Waals surface area contributed by atoms with Gasteiger partial charge in [0.05, 0.1) is 0 Å². The highest BCUT2D eigenvalue weighted by Crippen LogP contribution is 2.66. The minimum atomic E-state index is -0.459. The Balaban J connectivity index is 1.73. The normalized spacial score (nSPS) is 24.3. The maximum Gasteiger partial charge on any atom is 0.130 e. The molecule has 132 valence electrons. The molecule has 3 aromatic carbocycles. The van der Waals surface area contributed by atoms with E-state index in [-0.39, 0.29) is 6.61 Å². The smallest absolute Gasteiger partial charge is 0.130 e. The van der Waals surface area contributed by atoms with Gasteiger partial charge in [0.2, 0.25) is 0 Å². The molecule has 2 heteroatoms. The molecule has 0 unspecified atom stereocenters. The number of ether oxygens (including phenoxy) is 1. The summed E-state index contributed by atoms with van der Waals surface area (Å²) in [6, 6.07) is 31.3. The van der Waals surface area contributed by atoms with Crippen LogP contribution in [0.15, 0.2) is 91.0 Å². The van der Waals surface area contributed by atoms with Crippen LogP contribution in [-0.4, -0.2) is 11.7 Å². The van der Waals surface area contributed by atoms with Crippen molar-refractivity contribution in [2.45, 2.75) is 30.5 Å². The maximum absolute atomic E-state index is 9.79. The van der Waals surface area contributed by atoms with Crippen LogP contribution in [0.3, 0.4) is 0 Å². The molecule has 0 amide bonds. The van der Waals surface area contributed by atoms with Crippen molar-refractivity contribution < 1.29 is 9.84 Å². The summed E-state index contributed by atoms with van der Waals surface area (Å²) in [5.74, 6) is 0. The van der Waals surface area contributed by atoms with Gasteiger partial charge >= 0.3 is 0 Å². The predicted octanol–water partition coefficient (Wildman–Crippen LogP) is 4.82. The molecule has 3 aromatic rings. The highest BCUT2D eigenvalue weighted by molar-refractivity contribution is 5.42. The zero-order valence-corrected chi connectivity index (χ0v) is 14.8. The van der Waals surface area contributed by atoms with E-state index in [1.165, 1.54) is 11.1 Å². The van der Waals surface area contributed by atoms with Gasteiger partial charge in [-0.05, 0) is 29.5 Å². The number of aryl methyl sites for hydroxylation is 1. The van der Waals surface area contributed by atoms with Gasteiger partial charge in [-0.3, -0.25) is 0 Å². The lowest BCUT2D eigenvalue weighted by Crippen LogP contribution is -2.24. The second kappa shape index (κ2) is 7.06. The van der Waals surface area contributed by atoms with Crippen molar-refractivity contribution >= 4 is 0 Å². The van der Waals surface area contributed by atoms with Gasteiger partial charge in [0.15, 0.2) is 0 Å². The monoisotopic (exact) mass is 344 g/mol. The highest BCUT2D eigenvalue weighted by atomic mass is 16.6. The molecule has 0 spiro atoms. The van der Waals surface area contributed by atoms with Crippen molar-refractivity contribution in [1.82, 2.24) is 0 Å². The number of aliphatic hydroxyl groups excluding tert-OH is 1. The topological polar surface area (TPSA) is 32.8 Å². The minimum absolute atomic E-state index is 0.106. The van der Waals surface area contributed by atoms with Gasteiger partial charge in [0.25, 0.3) is 0 Å². The van der Waals surface area contributed by atoms with E-state index in [4.69, 9.17) is 4.74 Å². The van der Waals surface area contributed by atoms with Gasteiger partial charge < -0.3 is 9.84 Å². The summed E-state index contributed by atoms with van der Waals surface area (Å²) in [6.45, 7) is 0.106. The second-order valence-electron chi connectivity index (χ2n) is 6.95. The Morgan fingerprint density at radius 1 is 0.615 bits per heavy atom. The second-order valence-corrected chi connectivity index (χ2v) is 6.95. The molecule has 1 fully saturated rings. The summed E-state index contributed by atoms with van der Waals surface area (Å²) in [4.78, 5) is 0. The number of benzene rings is 3. The highest BCUT2D eigenvalue weighted by Gasteiger charge is 2.70. The molecule has 1 aliphatic rings. The number of epoxide rings is 1. The van der Waals surface area contributed by atoms with Gasteiger partial charge in [0, 0.05) is 13.0 Å². The first-order chi connectivity index (χ1) is 12.8. The largest absolute Gasteiger partial charge is 0.396 e. The zero-order valence-electron chi connectivity index (χ0n) is 14.8. The molecule has 0 aliphatic carbocycles. The Labute approximate surface area is 155 Å². The average Bonchev–Trinajstić information content (AvgIpc) is 3.39. The first-order valence-electron chi connectivity index (χ1n) is 9.27. The fourth-order valence-corrected chi connectivity index (χ4v) is 4.19. The molecule has 0 saturated carbocycles. The van der Waals surface area contributed by atoms with Crippen LogP contribution in [0.4, 0.5) is 0 Å². The quantitative estimate of drug-likeness (QED) is 0.623. The standard InChI is InChI=1S/C24H24O2/c25-19-18-24(22-14-8-3-9-15-22)23(26-24,21-12-6-2-7-13-21)17-16-20-10-4-1-5-11-20/h1-15,25H,16-19H2/t23-,24+/m0/s1. The zero-order chi connectivity index (χ0) is 17.9. The van der Waals surface area contributed by atoms with Crippen molar-refractivity contribution in [1.29, 1.82) is 0 Å². The number of aliphatic hydroxyl groups is 1. The molecular formula is C24H24O2. The first-order valence-corrected chi connectivity index (χ1v) is 9.27. The third-order valence-electron chi connectivity index (χ3n) is 5.51. The summed E-state index contributed by atoms with van der Waals surface area (Å²) < 4.78 is 6.57. The fourth-order valence-electron chi connectivity index (χ4n) is 4.19. The molecule has 4 rings (SSSR count). The van der Waals surface area contributed by atoms with E-state index >= 15 is 0 Å².